The fourth-order valence-corrected chi connectivity index (χ4v) is 2.14. The molecule has 0 saturated heterocycles. The van der Waals surface area contributed by atoms with E-state index in [-0.39, 0.29) is 0 Å². The second kappa shape index (κ2) is 4.98. The molecule has 0 unspecified atom stereocenters. The van der Waals surface area contributed by atoms with Crippen molar-refractivity contribution in [1.29, 1.82) is 0 Å². The molecular weight excluding hydrogens is 274 g/mol. The van der Waals surface area contributed by atoms with E-state index in [0.717, 1.165) is 5.52 Å². The molecule has 0 fully saturated rings. The lowest BCUT2D eigenvalue weighted by Gasteiger charge is -2.10. The van der Waals surface area contributed by atoms with Crippen LogP contribution in [0.3, 0.4) is 0 Å². The van der Waals surface area contributed by atoms with E-state index in [2.05, 4.69) is 9.97 Å². The molecule has 5 heteroatoms. The van der Waals surface area contributed by atoms with Crippen LogP contribution in [0, 0.1) is 6.92 Å². The van der Waals surface area contributed by atoms with Crippen molar-refractivity contribution >= 4 is 28.3 Å². The molecule has 20 heavy (non-hydrogen) atoms. The van der Waals surface area contributed by atoms with E-state index >= 15 is 0 Å². The first-order valence-corrected chi connectivity index (χ1v) is 6.47. The van der Waals surface area contributed by atoms with Crippen LogP contribution in [0.2, 0.25) is 5.02 Å². The van der Waals surface area contributed by atoms with E-state index in [1.807, 2.05) is 25.1 Å². The Balaban J connectivity index is 2.09. The van der Waals surface area contributed by atoms with Gasteiger partial charge in [0.15, 0.2) is 0 Å². The van der Waals surface area contributed by atoms with Crippen LogP contribution in [-0.4, -0.2) is 9.97 Å². The lowest BCUT2D eigenvalue weighted by Crippen LogP contribution is -1.98. The van der Waals surface area contributed by atoms with Gasteiger partial charge in [-0.3, -0.25) is 0 Å². The summed E-state index contributed by atoms with van der Waals surface area (Å²) in [4.78, 5) is 8.54. The number of nitrogens with two attached hydrogens (primary N) is 1. The van der Waals surface area contributed by atoms with Gasteiger partial charge in [0.25, 0.3) is 0 Å². The molecule has 0 saturated carbocycles. The van der Waals surface area contributed by atoms with Gasteiger partial charge in [-0.05, 0) is 43.3 Å². The number of hydrogen-bond acceptors (Lipinski definition) is 4. The van der Waals surface area contributed by atoms with E-state index in [1.54, 1.807) is 24.3 Å². The maximum atomic E-state index is 5.98. The summed E-state index contributed by atoms with van der Waals surface area (Å²) in [5.74, 6) is 2.36. The van der Waals surface area contributed by atoms with Crippen LogP contribution in [0.5, 0.6) is 11.5 Å². The quantitative estimate of drug-likeness (QED) is 0.774. The molecular formula is C15H12ClN3O. The second-order valence-corrected chi connectivity index (χ2v) is 4.80. The molecule has 0 radical (unpaired) electrons. The van der Waals surface area contributed by atoms with Gasteiger partial charge in [0.05, 0.1) is 10.9 Å². The summed E-state index contributed by atoms with van der Waals surface area (Å²) < 4.78 is 5.85. The normalized spacial score (nSPS) is 10.7. The zero-order valence-corrected chi connectivity index (χ0v) is 11.6. The average Bonchev–Trinajstić information content (AvgIpc) is 2.41. The molecule has 0 amide bonds. The molecule has 1 heterocycles. The van der Waals surface area contributed by atoms with Crippen LogP contribution in [0.1, 0.15) is 5.82 Å². The molecule has 0 atom stereocenters. The highest BCUT2D eigenvalue weighted by molar-refractivity contribution is 6.30. The number of fused-ring (bicyclic) bond motifs is 1. The van der Waals surface area contributed by atoms with Gasteiger partial charge in [-0.2, -0.15) is 0 Å². The van der Waals surface area contributed by atoms with Gasteiger partial charge in [-0.15, -0.1) is 0 Å². The zero-order chi connectivity index (χ0) is 14.1. The molecule has 1 aromatic heterocycles. The largest absolute Gasteiger partial charge is 0.457 e. The van der Waals surface area contributed by atoms with Crippen LogP contribution in [0.4, 0.5) is 5.82 Å². The van der Waals surface area contributed by atoms with Crippen molar-refractivity contribution in [1.82, 2.24) is 9.97 Å². The molecule has 2 N–H and O–H groups in total. The predicted molar refractivity (Wildman–Crippen MR) is 80.2 cm³/mol. The summed E-state index contributed by atoms with van der Waals surface area (Å²) >= 11 is 5.86. The van der Waals surface area contributed by atoms with Crippen molar-refractivity contribution in [3.05, 3.63) is 53.3 Å². The fraction of sp³-hybridized carbons (Fsp3) is 0.0667. The molecule has 100 valence electrons. The maximum Gasteiger partial charge on any atom is 0.140 e. The lowest BCUT2D eigenvalue weighted by atomic mass is 10.2. The molecule has 2 aromatic carbocycles. The summed E-state index contributed by atoms with van der Waals surface area (Å²) in [5.41, 5.74) is 6.75. The highest BCUT2D eigenvalue weighted by Gasteiger charge is 2.09. The standard InChI is InChI=1S/C15H12ClN3O/c1-9-18-12-3-2-4-13(14(12)15(17)19-9)20-11-7-5-10(16)6-8-11/h2-8H,1H3,(H2,17,18,19). The second-order valence-electron chi connectivity index (χ2n) is 4.36. The molecule has 0 aliphatic rings. The third-order valence-electron chi connectivity index (χ3n) is 2.87. The number of benzene rings is 2. The summed E-state index contributed by atoms with van der Waals surface area (Å²) in [5, 5.41) is 1.38. The van der Waals surface area contributed by atoms with Gasteiger partial charge in [0.2, 0.25) is 0 Å². The van der Waals surface area contributed by atoms with Crippen molar-refractivity contribution in [2.24, 2.45) is 0 Å². The highest BCUT2D eigenvalue weighted by Crippen LogP contribution is 2.32. The van der Waals surface area contributed by atoms with Crippen LogP contribution in [-0.2, 0) is 0 Å². The molecule has 0 aliphatic heterocycles. The third kappa shape index (κ3) is 2.38. The summed E-state index contributed by atoms with van der Waals surface area (Å²) in [7, 11) is 0. The Labute approximate surface area is 121 Å². The van der Waals surface area contributed by atoms with E-state index in [9.17, 15) is 0 Å². The van der Waals surface area contributed by atoms with E-state index < -0.39 is 0 Å². The number of aryl methyl sites for hydroxylation is 1. The first-order chi connectivity index (χ1) is 9.63. The Bertz CT molecular complexity index is 772. The fourth-order valence-electron chi connectivity index (χ4n) is 2.01. The van der Waals surface area contributed by atoms with Gasteiger partial charge >= 0.3 is 0 Å². The van der Waals surface area contributed by atoms with Crippen LogP contribution in [0.25, 0.3) is 10.9 Å². The van der Waals surface area contributed by atoms with Crippen molar-refractivity contribution in [2.75, 3.05) is 5.73 Å². The Kier molecular flexibility index (Phi) is 3.16. The topological polar surface area (TPSA) is 61.0 Å². The minimum absolute atomic E-state index is 0.414. The van der Waals surface area contributed by atoms with Crippen molar-refractivity contribution < 1.29 is 4.74 Å². The number of anilines is 1. The van der Waals surface area contributed by atoms with Crippen LogP contribution in [0.15, 0.2) is 42.5 Å². The highest BCUT2D eigenvalue weighted by atomic mass is 35.5. The van der Waals surface area contributed by atoms with E-state index in [4.69, 9.17) is 22.1 Å². The van der Waals surface area contributed by atoms with Gasteiger partial charge in [0, 0.05) is 5.02 Å². The van der Waals surface area contributed by atoms with E-state index in [0.29, 0.717) is 33.6 Å². The number of nitrogens with zero attached hydrogens (tertiary/aromatic N) is 2. The van der Waals surface area contributed by atoms with Crippen LogP contribution < -0.4 is 10.5 Å². The number of rotatable bonds is 2. The zero-order valence-electron chi connectivity index (χ0n) is 10.8. The van der Waals surface area contributed by atoms with Crippen molar-refractivity contribution in [3.63, 3.8) is 0 Å². The van der Waals surface area contributed by atoms with Gasteiger partial charge < -0.3 is 10.5 Å². The Morgan fingerprint density at radius 3 is 2.55 bits per heavy atom. The summed E-state index contributed by atoms with van der Waals surface area (Å²) in [6, 6.07) is 12.7. The predicted octanol–water partition coefficient (Wildman–Crippen LogP) is 3.97. The van der Waals surface area contributed by atoms with Gasteiger partial charge in [-0.1, -0.05) is 17.7 Å². The van der Waals surface area contributed by atoms with Crippen molar-refractivity contribution in [2.45, 2.75) is 6.92 Å². The SMILES string of the molecule is Cc1nc(N)c2c(Oc3ccc(Cl)cc3)cccc2n1. The average molecular weight is 286 g/mol. The number of halogens is 1. The lowest BCUT2D eigenvalue weighted by molar-refractivity contribution is 0.488. The van der Waals surface area contributed by atoms with Gasteiger partial charge in [0.1, 0.15) is 23.1 Å². The number of nitrogen functional groups attached to an aromatic ring is 1. The number of hydrogen-bond donors (Lipinski definition) is 1. The monoisotopic (exact) mass is 285 g/mol. The van der Waals surface area contributed by atoms with Crippen molar-refractivity contribution in [3.8, 4) is 11.5 Å². The minimum Gasteiger partial charge on any atom is -0.457 e. The molecule has 3 aromatic rings. The molecule has 0 spiro atoms. The Hall–Kier alpha value is -2.33. The molecule has 0 bridgehead atoms. The first kappa shape index (κ1) is 12.7. The molecule has 3 rings (SSSR count). The summed E-state index contributed by atoms with van der Waals surface area (Å²) in [6.07, 6.45) is 0. The van der Waals surface area contributed by atoms with Crippen LogP contribution >= 0.6 is 11.6 Å². The third-order valence-corrected chi connectivity index (χ3v) is 3.12. The maximum absolute atomic E-state index is 5.98. The number of ether oxygens (including phenoxy) is 1. The Morgan fingerprint density at radius 2 is 1.80 bits per heavy atom. The first-order valence-electron chi connectivity index (χ1n) is 6.10. The minimum atomic E-state index is 0.414. The smallest absolute Gasteiger partial charge is 0.140 e. The molecule has 4 nitrogen and oxygen atoms in total. The molecule has 0 aliphatic carbocycles. The van der Waals surface area contributed by atoms with Gasteiger partial charge in [-0.25, -0.2) is 9.97 Å². The summed E-state index contributed by atoms with van der Waals surface area (Å²) in [6.45, 7) is 1.81. The van der Waals surface area contributed by atoms with E-state index in [1.165, 1.54) is 0 Å². The number of aromatic nitrogens is 2. The Morgan fingerprint density at radius 1 is 1.05 bits per heavy atom.